The van der Waals surface area contributed by atoms with Crippen molar-refractivity contribution in [3.8, 4) is 0 Å². The lowest BCUT2D eigenvalue weighted by atomic mass is 10.2. The molecule has 1 atom stereocenters. The fourth-order valence-electron chi connectivity index (χ4n) is 2.46. The normalized spacial score (nSPS) is 17.9. The fourth-order valence-corrected chi connectivity index (χ4v) is 3.68. The smallest absolute Gasteiger partial charge is 0.249 e. The minimum atomic E-state index is -0.0264. The highest BCUT2D eigenvalue weighted by Gasteiger charge is 2.32. The van der Waals surface area contributed by atoms with Crippen molar-refractivity contribution >= 4 is 17.7 Å². The molecule has 1 aromatic carbocycles. The van der Waals surface area contributed by atoms with Crippen molar-refractivity contribution in [1.29, 1.82) is 0 Å². The van der Waals surface area contributed by atoms with Gasteiger partial charge in [-0.1, -0.05) is 30.3 Å². The molecule has 1 fully saturated rings. The number of carbonyl (C=O) groups is 1. The van der Waals surface area contributed by atoms with Crippen LogP contribution >= 0.6 is 11.8 Å². The second-order valence-corrected chi connectivity index (χ2v) is 6.43. The van der Waals surface area contributed by atoms with Crippen LogP contribution in [0.5, 0.6) is 0 Å². The Hall–Kier alpha value is -1.72. The molecular weight excluding hydrogens is 298 g/mol. The van der Waals surface area contributed by atoms with Crippen molar-refractivity contribution in [2.24, 2.45) is 0 Å². The maximum atomic E-state index is 12.4. The van der Waals surface area contributed by atoms with E-state index in [2.05, 4.69) is 0 Å². The predicted molar refractivity (Wildman–Crippen MR) is 86.5 cm³/mol. The SMILES string of the molecule is Cc1ccc(C2SCCN2C(=O)COCc2ccccc2)o1. The molecular formula is C17H19NO3S. The lowest BCUT2D eigenvalue weighted by molar-refractivity contribution is -0.137. The highest BCUT2D eigenvalue weighted by atomic mass is 32.2. The van der Waals surface area contributed by atoms with Gasteiger partial charge in [0, 0.05) is 12.3 Å². The number of aryl methyl sites for hydroxylation is 1. The van der Waals surface area contributed by atoms with E-state index in [4.69, 9.17) is 9.15 Å². The molecule has 0 radical (unpaired) electrons. The van der Waals surface area contributed by atoms with Gasteiger partial charge in [-0.3, -0.25) is 4.79 Å². The molecule has 1 unspecified atom stereocenters. The summed E-state index contributed by atoms with van der Waals surface area (Å²) in [5.74, 6) is 2.65. The van der Waals surface area contributed by atoms with E-state index in [1.54, 1.807) is 11.8 Å². The van der Waals surface area contributed by atoms with Crippen molar-refractivity contribution in [2.45, 2.75) is 18.9 Å². The van der Waals surface area contributed by atoms with Crippen molar-refractivity contribution < 1.29 is 13.9 Å². The summed E-state index contributed by atoms with van der Waals surface area (Å²) in [6, 6.07) is 13.8. The third-order valence-corrected chi connectivity index (χ3v) is 4.77. The van der Waals surface area contributed by atoms with Crippen LogP contribution in [0, 0.1) is 6.92 Å². The minimum absolute atomic E-state index is 0.0139. The van der Waals surface area contributed by atoms with E-state index in [9.17, 15) is 4.79 Å². The van der Waals surface area contributed by atoms with E-state index in [0.717, 1.165) is 29.4 Å². The number of ether oxygens (including phenoxy) is 1. The standard InChI is InChI=1S/C17H19NO3S/c1-13-7-8-15(21-13)17-18(9-10-22-17)16(19)12-20-11-14-5-3-2-4-6-14/h2-8,17H,9-12H2,1H3. The molecule has 0 N–H and O–H groups in total. The van der Waals surface area contributed by atoms with Gasteiger partial charge in [0.15, 0.2) is 0 Å². The highest BCUT2D eigenvalue weighted by Crippen LogP contribution is 2.38. The molecule has 3 rings (SSSR count). The van der Waals surface area contributed by atoms with E-state index in [-0.39, 0.29) is 17.9 Å². The molecule has 1 saturated heterocycles. The van der Waals surface area contributed by atoms with Crippen LogP contribution in [0.15, 0.2) is 46.9 Å². The van der Waals surface area contributed by atoms with E-state index in [0.29, 0.717) is 6.61 Å². The number of furan rings is 1. The first-order valence-corrected chi connectivity index (χ1v) is 8.38. The number of hydrogen-bond donors (Lipinski definition) is 0. The number of nitrogens with zero attached hydrogens (tertiary/aromatic N) is 1. The number of thioether (sulfide) groups is 1. The Morgan fingerprint density at radius 2 is 2.14 bits per heavy atom. The first-order chi connectivity index (χ1) is 10.7. The molecule has 2 aromatic rings. The molecule has 116 valence electrons. The average molecular weight is 317 g/mol. The van der Waals surface area contributed by atoms with Gasteiger partial charge in [0.05, 0.1) is 6.61 Å². The predicted octanol–water partition coefficient (Wildman–Crippen LogP) is 3.38. The van der Waals surface area contributed by atoms with Crippen LogP contribution < -0.4 is 0 Å². The number of benzene rings is 1. The van der Waals surface area contributed by atoms with Gasteiger partial charge < -0.3 is 14.1 Å². The van der Waals surface area contributed by atoms with Crippen molar-refractivity contribution in [2.75, 3.05) is 18.9 Å². The van der Waals surface area contributed by atoms with Gasteiger partial charge in [0.2, 0.25) is 5.91 Å². The molecule has 1 aliphatic heterocycles. The van der Waals surface area contributed by atoms with Gasteiger partial charge in [-0.2, -0.15) is 0 Å². The van der Waals surface area contributed by atoms with E-state index in [1.807, 2.05) is 54.3 Å². The monoisotopic (exact) mass is 317 g/mol. The summed E-state index contributed by atoms with van der Waals surface area (Å²) in [7, 11) is 0. The molecule has 0 saturated carbocycles. The Bertz CT molecular complexity index is 626. The van der Waals surface area contributed by atoms with Crippen LogP contribution in [0.3, 0.4) is 0 Å². The second kappa shape index (κ2) is 7.03. The Balaban J connectivity index is 1.55. The third-order valence-electron chi connectivity index (χ3n) is 3.55. The van der Waals surface area contributed by atoms with Gasteiger partial charge in [0.25, 0.3) is 0 Å². The van der Waals surface area contributed by atoms with Crippen molar-refractivity contribution in [3.05, 3.63) is 59.5 Å². The molecule has 22 heavy (non-hydrogen) atoms. The van der Waals surface area contributed by atoms with Crippen LogP contribution in [0.25, 0.3) is 0 Å². The Labute approximate surface area is 134 Å². The topological polar surface area (TPSA) is 42.7 Å². The Morgan fingerprint density at radius 1 is 1.32 bits per heavy atom. The minimum Gasteiger partial charge on any atom is -0.463 e. The highest BCUT2D eigenvalue weighted by molar-refractivity contribution is 7.99. The maximum absolute atomic E-state index is 12.4. The largest absolute Gasteiger partial charge is 0.463 e. The molecule has 4 nitrogen and oxygen atoms in total. The summed E-state index contributed by atoms with van der Waals surface area (Å²) >= 11 is 1.73. The van der Waals surface area contributed by atoms with Crippen molar-refractivity contribution in [3.63, 3.8) is 0 Å². The zero-order chi connectivity index (χ0) is 15.4. The molecule has 1 aliphatic rings. The van der Waals surface area contributed by atoms with Crippen LogP contribution in [-0.4, -0.2) is 29.7 Å². The zero-order valence-corrected chi connectivity index (χ0v) is 13.3. The van der Waals surface area contributed by atoms with Gasteiger partial charge >= 0.3 is 0 Å². The van der Waals surface area contributed by atoms with Crippen LogP contribution in [0.4, 0.5) is 0 Å². The number of rotatable bonds is 5. The summed E-state index contributed by atoms with van der Waals surface area (Å²) in [4.78, 5) is 14.2. The van der Waals surface area contributed by atoms with Gasteiger partial charge in [0.1, 0.15) is 23.5 Å². The van der Waals surface area contributed by atoms with Crippen molar-refractivity contribution in [1.82, 2.24) is 4.90 Å². The molecule has 0 bridgehead atoms. The number of amides is 1. The summed E-state index contributed by atoms with van der Waals surface area (Å²) in [5.41, 5.74) is 1.07. The van der Waals surface area contributed by atoms with Gasteiger partial charge in [-0.05, 0) is 24.6 Å². The summed E-state index contributed by atoms with van der Waals surface area (Å²) in [6.45, 7) is 3.21. The van der Waals surface area contributed by atoms with Crippen LogP contribution in [-0.2, 0) is 16.1 Å². The number of hydrogen-bond acceptors (Lipinski definition) is 4. The van der Waals surface area contributed by atoms with E-state index in [1.165, 1.54) is 0 Å². The quantitative estimate of drug-likeness (QED) is 0.848. The zero-order valence-electron chi connectivity index (χ0n) is 12.5. The first kappa shape index (κ1) is 15.2. The van der Waals surface area contributed by atoms with Gasteiger partial charge in [-0.15, -0.1) is 11.8 Å². The molecule has 1 aromatic heterocycles. The lowest BCUT2D eigenvalue weighted by Gasteiger charge is -2.22. The molecule has 2 heterocycles. The Kier molecular flexibility index (Phi) is 4.85. The first-order valence-electron chi connectivity index (χ1n) is 7.33. The van der Waals surface area contributed by atoms with Gasteiger partial charge in [-0.25, -0.2) is 0 Å². The average Bonchev–Trinajstić information content (AvgIpc) is 3.16. The van der Waals surface area contributed by atoms with E-state index >= 15 is 0 Å². The molecule has 0 spiro atoms. The molecule has 0 aliphatic carbocycles. The fraction of sp³-hybridized carbons (Fsp3) is 0.353. The second-order valence-electron chi connectivity index (χ2n) is 5.24. The van der Waals surface area contributed by atoms with E-state index < -0.39 is 0 Å². The summed E-state index contributed by atoms with van der Waals surface area (Å²) in [5, 5.41) is -0.0264. The molecule has 5 heteroatoms. The summed E-state index contributed by atoms with van der Waals surface area (Å²) < 4.78 is 11.2. The Morgan fingerprint density at radius 3 is 2.86 bits per heavy atom. The summed E-state index contributed by atoms with van der Waals surface area (Å²) in [6.07, 6.45) is 0. The van der Waals surface area contributed by atoms with Crippen LogP contribution in [0.1, 0.15) is 22.5 Å². The lowest BCUT2D eigenvalue weighted by Crippen LogP contribution is -2.33. The third kappa shape index (κ3) is 3.54. The number of carbonyl (C=O) groups excluding carboxylic acids is 1. The molecule has 1 amide bonds. The maximum Gasteiger partial charge on any atom is 0.249 e. The van der Waals surface area contributed by atoms with Crippen LogP contribution in [0.2, 0.25) is 0 Å².